The Hall–Kier alpha value is -3.00. The van der Waals surface area contributed by atoms with Crippen LogP contribution in [0.4, 0.5) is 15.2 Å². The van der Waals surface area contributed by atoms with Crippen molar-refractivity contribution in [2.45, 2.75) is 4.90 Å². The van der Waals surface area contributed by atoms with Crippen LogP contribution in [-0.2, 0) is 14.8 Å². The molecule has 2 aromatic carbocycles. The average Bonchev–Trinajstić information content (AvgIpc) is 3.15. The van der Waals surface area contributed by atoms with Crippen molar-refractivity contribution in [3.63, 3.8) is 0 Å². The summed E-state index contributed by atoms with van der Waals surface area (Å²) in [5, 5.41) is 13.6. The molecule has 31 heavy (non-hydrogen) atoms. The first-order valence-electron chi connectivity index (χ1n) is 8.99. The first-order chi connectivity index (χ1) is 14.8. The van der Waals surface area contributed by atoms with Crippen LogP contribution >= 0.6 is 11.3 Å². The Bertz CT molecular complexity index is 1290. The van der Waals surface area contributed by atoms with E-state index in [1.807, 2.05) is 0 Å². The van der Waals surface area contributed by atoms with Crippen molar-refractivity contribution in [1.82, 2.24) is 9.29 Å². The van der Waals surface area contributed by atoms with Crippen LogP contribution in [0.3, 0.4) is 0 Å². The quantitative estimate of drug-likeness (QED) is 0.452. The molecule has 0 unspecified atom stereocenters. The number of fused-ring (bicyclic) bond motifs is 1. The molecule has 2 heterocycles. The first-order valence-corrected chi connectivity index (χ1v) is 11.2. The minimum atomic E-state index is -4.13. The van der Waals surface area contributed by atoms with Gasteiger partial charge in [0.1, 0.15) is 10.7 Å². The molecule has 4 rings (SSSR count). The van der Waals surface area contributed by atoms with Crippen molar-refractivity contribution in [3.8, 4) is 0 Å². The molecule has 3 aromatic rings. The SMILES string of the molecule is O=C(Nc1nc2ccc([N+](=O)[O-])cc2s1)c1ccc(F)c(S(=O)(=O)N2CCOCC2)c1. The number of morpholine rings is 1. The molecule has 13 heteroatoms. The summed E-state index contributed by atoms with van der Waals surface area (Å²) in [6.45, 7) is 0.597. The highest BCUT2D eigenvalue weighted by atomic mass is 32.2. The lowest BCUT2D eigenvalue weighted by atomic mass is 10.2. The van der Waals surface area contributed by atoms with Crippen molar-refractivity contribution >= 4 is 48.3 Å². The van der Waals surface area contributed by atoms with Gasteiger partial charge in [-0.1, -0.05) is 11.3 Å². The fraction of sp³-hybridized carbons (Fsp3) is 0.222. The van der Waals surface area contributed by atoms with Gasteiger partial charge in [0, 0.05) is 30.8 Å². The van der Waals surface area contributed by atoms with Crippen molar-refractivity contribution in [2.75, 3.05) is 31.6 Å². The van der Waals surface area contributed by atoms with Gasteiger partial charge in [0.05, 0.1) is 28.4 Å². The molecule has 1 aromatic heterocycles. The van der Waals surface area contributed by atoms with Crippen LogP contribution in [0.1, 0.15) is 10.4 Å². The molecule has 0 bridgehead atoms. The van der Waals surface area contributed by atoms with Gasteiger partial charge in [-0.05, 0) is 24.3 Å². The number of benzene rings is 2. The zero-order chi connectivity index (χ0) is 22.2. The van der Waals surface area contributed by atoms with Gasteiger partial charge in [0.2, 0.25) is 10.0 Å². The van der Waals surface area contributed by atoms with Gasteiger partial charge >= 0.3 is 0 Å². The number of nitro benzene ring substituents is 1. The summed E-state index contributed by atoms with van der Waals surface area (Å²) >= 11 is 1.03. The Labute approximate surface area is 179 Å². The van der Waals surface area contributed by atoms with Crippen LogP contribution in [0.15, 0.2) is 41.3 Å². The normalized spacial score (nSPS) is 15.1. The number of anilines is 1. The summed E-state index contributed by atoms with van der Waals surface area (Å²) in [4.78, 5) is 26.6. The van der Waals surface area contributed by atoms with E-state index < -0.39 is 31.6 Å². The number of non-ortho nitro benzene ring substituents is 1. The predicted octanol–water partition coefficient (Wildman–Crippen LogP) is 2.62. The zero-order valence-corrected chi connectivity index (χ0v) is 17.4. The second kappa shape index (κ2) is 8.26. The second-order valence-corrected chi connectivity index (χ2v) is 9.48. The molecule has 0 radical (unpaired) electrons. The fourth-order valence-corrected chi connectivity index (χ4v) is 5.41. The number of nitrogens with one attached hydrogen (secondary N) is 1. The average molecular weight is 466 g/mol. The lowest BCUT2D eigenvalue weighted by molar-refractivity contribution is -0.384. The third-order valence-corrected chi connectivity index (χ3v) is 7.43. The molecule has 1 amide bonds. The number of hydrogen-bond acceptors (Lipinski definition) is 8. The third-order valence-electron chi connectivity index (χ3n) is 4.58. The molecule has 1 aliphatic rings. The lowest BCUT2D eigenvalue weighted by Gasteiger charge is -2.26. The van der Waals surface area contributed by atoms with E-state index in [0.717, 1.165) is 27.8 Å². The number of rotatable bonds is 5. The highest BCUT2D eigenvalue weighted by Crippen LogP contribution is 2.30. The number of nitro groups is 1. The number of hydrogen-bond donors (Lipinski definition) is 1. The van der Waals surface area contributed by atoms with E-state index >= 15 is 0 Å². The Morgan fingerprint density at radius 3 is 2.68 bits per heavy atom. The van der Waals surface area contributed by atoms with Gasteiger partial charge in [-0.3, -0.25) is 20.2 Å². The molecule has 1 saturated heterocycles. The summed E-state index contributed by atoms with van der Waals surface area (Å²) < 4.78 is 46.6. The van der Waals surface area contributed by atoms with Gasteiger partial charge in [-0.25, -0.2) is 17.8 Å². The predicted molar refractivity (Wildman–Crippen MR) is 110 cm³/mol. The molecule has 0 aliphatic carbocycles. The first kappa shape index (κ1) is 21.2. The molecule has 162 valence electrons. The van der Waals surface area contributed by atoms with Crippen LogP contribution in [0.2, 0.25) is 0 Å². The zero-order valence-electron chi connectivity index (χ0n) is 15.8. The highest BCUT2D eigenvalue weighted by molar-refractivity contribution is 7.89. The van der Waals surface area contributed by atoms with Crippen LogP contribution in [-0.4, -0.2) is 54.8 Å². The molecule has 0 atom stereocenters. The van der Waals surface area contributed by atoms with Crippen LogP contribution in [0.25, 0.3) is 10.2 Å². The molecule has 10 nitrogen and oxygen atoms in total. The summed E-state index contributed by atoms with van der Waals surface area (Å²) in [5.41, 5.74) is 0.282. The van der Waals surface area contributed by atoms with E-state index in [9.17, 15) is 27.7 Å². The highest BCUT2D eigenvalue weighted by Gasteiger charge is 2.30. The monoisotopic (exact) mass is 466 g/mol. The molecular formula is C18H15FN4O6S2. The van der Waals surface area contributed by atoms with E-state index in [4.69, 9.17) is 4.74 Å². The molecule has 1 fully saturated rings. The number of carbonyl (C=O) groups is 1. The number of sulfonamides is 1. The van der Waals surface area contributed by atoms with Crippen molar-refractivity contribution in [2.24, 2.45) is 0 Å². The maximum Gasteiger partial charge on any atom is 0.270 e. The number of ether oxygens (including phenoxy) is 1. The minimum Gasteiger partial charge on any atom is -0.379 e. The maximum absolute atomic E-state index is 14.3. The number of aromatic nitrogens is 1. The minimum absolute atomic E-state index is 0.0709. The summed E-state index contributed by atoms with van der Waals surface area (Å²) in [6.07, 6.45) is 0. The summed E-state index contributed by atoms with van der Waals surface area (Å²) in [5.74, 6) is -1.65. The van der Waals surface area contributed by atoms with E-state index in [-0.39, 0.29) is 42.7 Å². The van der Waals surface area contributed by atoms with Gasteiger partial charge in [-0.15, -0.1) is 0 Å². The van der Waals surface area contributed by atoms with Gasteiger partial charge in [0.25, 0.3) is 11.6 Å². The summed E-state index contributed by atoms with van der Waals surface area (Å²) in [6, 6.07) is 7.17. The maximum atomic E-state index is 14.3. The number of thiazole rings is 1. The Morgan fingerprint density at radius 2 is 1.97 bits per heavy atom. The van der Waals surface area contributed by atoms with E-state index in [1.54, 1.807) is 0 Å². The number of nitrogens with zero attached hydrogens (tertiary/aromatic N) is 3. The van der Waals surface area contributed by atoms with E-state index in [1.165, 1.54) is 24.3 Å². The lowest BCUT2D eigenvalue weighted by Crippen LogP contribution is -2.41. The number of halogens is 1. The van der Waals surface area contributed by atoms with Crippen molar-refractivity contribution in [1.29, 1.82) is 0 Å². The number of amides is 1. The van der Waals surface area contributed by atoms with Crippen molar-refractivity contribution < 1.29 is 27.3 Å². The van der Waals surface area contributed by atoms with Crippen molar-refractivity contribution in [3.05, 3.63) is 57.9 Å². The van der Waals surface area contributed by atoms with Crippen LogP contribution in [0.5, 0.6) is 0 Å². The second-order valence-electron chi connectivity index (χ2n) is 6.54. The Morgan fingerprint density at radius 1 is 1.23 bits per heavy atom. The van der Waals surface area contributed by atoms with Gasteiger partial charge in [-0.2, -0.15) is 4.31 Å². The molecule has 0 saturated carbocycles. The number of carbonyl (C=O) groups excluding carboxylic acids is 1. The topological polar surface area (TPSA) is 132 Å². The smallest absolute Gasteiger partial charge is 0.270 e. The van der Waals surface area contributed by atoms with Crippen LogP contribution < -0.4 is 5.32 Å². The molecular weight excluding hydrogens is 451 g/mol. The van der Waals surface area contributed by atoms with E-state index in [0.29, 0.717) is 10.2 Å². The molecule has 1 N–H and O–H groups in total. The summed E-state index contributed by atoms with van der Waals surface area (Å²) in [7, 11) is -4.13. The Balaban J connectivity index is 1.60. The third kappa shape index (κ3) is 4.25. The molecule has 0 spiro atoms. The van der Waals surface area contributed by atoms with Gasteiger partial charge in [0.15, 0.2) is 5.13 Å². The largest absolute Gasteiger partial charge is 0.379 e. The Kier molecular flexibility index (Phi) is 5.66. The fourth-order valence-electron chi connectivity index (χ4n) is 3.02. The molecule has 1 aliphatic heterocycles. The van der Waals surface area contributed by atoms with Crippen LogP contribution in [0, 0.1) is 15.9 Å². The van der Waals surface area contributed by atoms with E-state index in [2.05, 4.69) is 10.3 Å². The standard InChI is InChI=1S/C18H15FN4O6S2/c19-13-3-1-11(9-16(13)31(27,28)22-5-7-29-8-6-22)17(24)21-18-20-14-4-2-12(23(25)26)10-15(14)30-18/h1-4,9-10H,5-8H2,(H,20,21,24). The van der Waals surface area contributed by atoms with Gasteiger partial charge < -0.3 is 4.74 Å².